The average molecular weight is 751 g/mol. The number of unbranched alkanes of at least 4 members (excludes halogenated alkanes) is 3. The van der Waals surface area contributed by atoms with Crippen molar-refractivity contribution in [2.45, 2.75) is 52.1 Å². The van der Waals surface area contributed by atoms with E-state index in [1.807, 2.05) is 28.7 Å². The fraction of sp³-hybridized carbons (Fsp3) is 0.182. The lowest BCUT2D eigenvalue weighted by molar-refractivity contribution is -0.132. The number of nitrogens with zero attached hydrogens (tertiary/aromatic N) is 2. The third-order valence-corrected chi connectivity index (χ3v) is 18.9. The fourth-order valence-electron chi connectivity index (χ4n) is 7.68. The highest BCUT2D eigenvalue weighted by atomic mass is 32.1. The van der Waals surface area contributed by atoms with E-state index in [4.69, 9.17) is 0 Å². The molecule has 0 fully saturated rings. The van der Waals surface area contributed by atoms with Gasteiger partial charge >= 0.3 is 5.97 Å². The zero-order chi connectivity index (χ0) is 36.0. The predicted octanol–water partition coefficient (Wildman–Crippen LogP) is 11.9. The van der Waals surface area contributed by atoms with Crippen LogP contribution in [0.2, 0.25) is 12.6 Å². The van der Waals surface area contributed by atoms with Gasteiger partial charge in [0.25, 0.3) is 0 Å². The van der Waals surface area contributed by atoms with Gasteiger partial charge in [0.05, 0.1) is 11.2 Å². The SMILES string of the molecule is CCCCCC[Si]1(C)c2cc(C=C(C#N)C(=O)O)sc2-c2sc(-c3ccc(-c4c(-c5ccccc5)n(-c5ccc(C)cc5)c5ccccc45)s3)cc21. The van der Waals surface area contributed by atoms with Crippen molar-refractivity contribution in [3.8, 4) is 53.0 Å². The summed E-state index contributed by atoms with van der Waals surface area (Å²) in [6, 6.07) is 40.6. The number of para-hydroxylation sites is 1. The topological polar surface area (TPSA) is 66.0 Å². The van der Waals surface area contributed by atoms with Gasteiger partial charge in [-0.15, -0.1) is 34.0 Å². The van der Waals surface area contributed by atoms with E-state index >= 15 is 0 Å². The number of aliphatic carboxylic acids is 1. The van der Waals surface area contributed by atoms with E-state index in [1.165, 1.54) is 99.8 Å². The van der Waals surface area contributed by atoms with Crippen molar-refractivity contribution in [1.29, 1.82) is 5.26 Å². The molecule has 5 heterocycles. The molecule has 52 heavy (non-hydrogen) atoms. The number of carboxylic acid groups (broad SMARTS) is 1. The quantitative estimate of drug-likeness (QED) is 0.0619. The molecule has 1 aliphatic rings. The van der Waals surface area contributed by atoms with Crippen LogP contribution in [0.15, 0.2) is 109 Å². The van der Waals surface area contributed by atoms with Crippen molar-refractivity contribution >= 4 is 75.4 Å². The first-order valence-electron chi connectivity index (χ1n) is 17.8. The van der Waals surface area contributed by atoms with Crippen molar-refractivity contribution in [2.75, 3.05) is 0 Å². The van der Waals surface area contributed by atoms with Gasteiger partial charge in [-0.2, -0.15) is 5.26 Å². The lowest BCUT2D eigenvalue weighted by Crippen LogP contribution is -2.51. The third kappa shape index (κ3) is 5.92. The second kappa shape index (κ2) is 14.0. The lowest BCUT2D eigenvalue weighted by Gasteiger charge is -2.23. The van der Waals surface area contributed by atoms with Crippen LogP contribution in [0, 0.1) is 18.3 Å². The van der Waals surface area contributed by atoms with Gasteiger partial charge in [0.2, 0.25) is 0 Å². The van der Waals surface area contributed by atoms with E-state index in [0.29, 0.717) is 0 Å². The molecule has 0 spiro atoms. The van der Waals surface area contributed by atoms with E-state index in [1.54, 1.807) is 17.4 Å². The Kier molecular flexibility index (Phi) is 9.22. The van der Waals surface area contributed by atoms with Crippen molar-refractivity contribution in [1.82, 2.24) is 4.57 Å². The van der Waals surface area contributed by atoms with Crippen LogP contribution in [0.25, 0.3) is 63.9 Å². The van der Waals surface area contributed by atoms with Crippen molar-refractivity contribution in [3.05, 3.63) is 119 Å². The molecule has 1 atom stereocenters. The van der Waals surface area contributed by atoms with Gasteiger partial charge in [-0.25, -0.2) is 4.79 Å². The van der Waals surface area contributed by atoms with Gasteiger partial charge in [0.15, 0.2) is 0 Å². The Labute approximate surface area is 317 Å². The minimum absolute atomic E-state index is 0.219. The minimum Gasteiger partial charge on any atom is -0.477 e. The largest absolute Gasteiger partial charge is 0.477 e. The van der Waals surface area contributed by atoms with Gasteiger partial charge in [-0.05, 0) is 77.4 Å². The Bertz CT molecular complexity index is 2530. The zero-order valence-corrected chi connectivity index (χ0v) is 32.9. The molecule has 4 nitrogen and oxygen atoms in total. The van der Waals surface area contributed by atoms with Crippen LogP contribution in [0.1, 0.15) is 43.0 Å². The number of hydrogen-bond donors (Lipinski definition) is 1. The molecule has 8 rings (SSSR count). The van der Waals surface area contributed by atoms with Gasteiger partial charge in [0, 0.05) is 45.9 Å². The summed E-state index contributed by atoms with van der Waals surface area (Å²) in [5, 5.41) is 23.2. The standard InChI is InChI=1S/C44H38N2O2S3Si/c1-4-5-6-12-23-52(3)38-25-32(24-30(27-45)44(47)48)49-42(38)43-39(52)26-37(51-43)35-21-22-36(50-35)40-33-15-10-11-16-34(33)46(31-19-17-28(2)18-20-31)41(40)29-13-8-7-9-14-29/h7-11,13-22,24-26H,4-6,12,23H2,1-3H3,(H,47,48). The van der Waals surface area contributed by atoms with Gasteiger partial charge in [0.1, 0.15) is 19.7 Å². The minimum atomic E-state index is -2.08. The molecule has 258 valence electrons. The van der Waals surface area contributed by atoms with E-state index in [-0.39, 0.29) is 5.57 Å². The Morgan fingerprint density at radius 3 is 2.29 bits per heavy atom. The molecule has 0 bridgehead atoms. The first-order chi connectivity index (χ1) is 25.3. The molecule has 1 unspecified atom stereocenters. The Balaban J connectivity index is 1.26. The van der Waals surface area contributed by atoms with E-state index in [0.717, 1.165) is 10.6 Å². The van der Waals surface area contributed by atoms with Crippen LogP contribution in [0.3, 0.4) is 0 Å². The van der Waals surface area contributed by atoms with Crippen molar-refractivity contribution in [3.63, 3.8) is 0 Å². The van der Waals surface area contributed by atoms with E-state index in [9.17, 15) is 15.2 Å². The molecule has 0 aliphatic carbocycles. The maximum absolute atomic E-state index is 11.7. The molecule has 0 saturated carbocycles. The van der Waals surface area contributed by atoms with Crippen LogP contribution < -0.4 is 10.4 Å². The molecule has 0 amide bonds. The lowest BCUT2D eigenvalue weighted by atomic mass is 10.0. The van der Waals surface area contributed by atoms with Gasteiger partial charge < -0.3 is 9.67 Å². The number of carbonyl (C=O) groups is 1. The van der Waals surface area contributed by atoms with Crippen LogP contribution in [0.4, 0.5) is 0 Å². The molecule has 8 heteroatoms. The Morgan fingerprint density at radius 2 is 1.54 bits per heavy atom. The molecule has 4 aromatic heterocycles. The molecular weight excluding hydrogens is 713 g/mol. The number of rotatable bonds is 11. The first-order valence-corrected chi connectivity index (χ1v) is 23.0. The van der Waals surface area contributed by atoms with E-state index < -0.39 is 14.0 Å². The second-order valence-corrected chi connectivity index (χ2v) is 21.3. The van der Waals surface area contributed by atoms with Crippen LogP contribution >= 0.6 is 34.0 Å². The Morgan fingerprint density at radius 1 is 0.827 bits per heavy atom. The summed E-state index contributed by atoms with van der Waals surface area (Å²) >= 11 is 5.37. The Hall–Kier alpha value is -4.78. The number of benzene rings is 3. The molecule has 7 aromatic rings. The highest BCUT2D eigenvalue weighted by molar-refractivity contribution is 7.32. The summed E-state index contributed by atoms with van der Waals surface area (Å²) in [7, 11) is -2.08. The monoisotopic (exact) mass is 750 g/mol. The van der Waals surface area contributed by atoms with E-state index in [2.05, 4.69) is 128 Å². The summed E-state index contributed by atoms with van der Waals surface area (Å²) in [6.45, 7) is 6.88. The summed E-state index contributed by atoms with van der Waals surface area (Å²) in [6.07, 6.45) is 6.41. The summed E-state index contributed by atoms with van der Waals surface area (Å²) < 4.78 is 2.42. The highest BCUT2D eigenvalue weighted by Gasteiger charge is 2.44. The van der Waals surface area contributed by atoms with Crippen LogP contribution in [-0.2, 0) is 4.79 Å². The average Bonchev–Trinajstić information content (AvgIpc) is 3.98. The second-order valence-electron chi connectivity index (χ2n) is 13.8. The predicted molar refractivity (Wildman–Crippen MR) is 224 cm³/mol. The third-order valence-electron chi connectivity index (χ3n) is 10.4. The summed E-state index contributed by atoms with van der Waals surface area (Å²) in [5.74, 6) is -1.18. The van der Waals surface area contributed by atoms with Crippen molar-refractivity contribution in [2.24, 2.45) is 0 Å². The molecule has 0 saturated heterocycles. The molecule has 3 aromatic carbocycles. The molecular formula is C44H38N2O2S3Si. The maximum atomic E-state index is 11.7. The zero-order valence-electron chi connectivity index (χ0n) is 29.4. The smallest absolute Gasteiger partial charge is 0.346 e. The van der Waals surface area contributed by atoms with Gasteiger partial charge in [-0.3, -0.25) is 0 Å². The fourth-order valence-corrected chi connectivity index (χ4v) is 17.1. The summed E-state index contributed by atoms with van der Waals surface area (Å²) in [5.41, 5.74) is 6.98. The maximum Gasteiger partial charge on any atom is 0.346 e. The van der Waals surface area contributed by atoms with Crippen LogP contribution in [0.5, 0.6) is 0 Å². The molecule has 1 N–H and O–H groups in total. The molecule has 1 aliphatic heterocycles. The highest BCUT2D eigenvalue weighted by Crippen LogP contribution is 2.49. The number of nitriles is 1. The van der Waals surface area contributed by atoms with Gasteiger partial charge in [-0.1, -0.05) is 105 Å². The number of aryl methyl sites for hydroxylation is 1. The van der Waals surface area contributed by atoms with Crippen molar-refractivity contribution < 1.29 is 9.90 Å². The normalized spacial score (nSPS) is 15.2. The number of fused-ring (bicyclic) bond motifs is 4. The molecule has 0 radical (unpaired) electrons. The number of aromatic nitrogens is 1. The number of carboxylic acids is 1. The first kappa shape index (κ1) is 34.3. The van der Waals surface area contributed by atoms with Crippen LogP contribution in [-0.4, -0.2) is 23.7 Å². The number of hydrogen-bond acceptors (Lipinski definition) is 5. The number of thiophene rings is 3. The summed E-state index contributed by atoms with van der Waals surface area (Å²) in [4.78, 5) is 18.9.